The van der Waals surface area contributed by atoms with Gasteiger partial charge in [0.2, 0.25) is 0 Å². The minimum atomic E-state index is -1.39. The Balaban J connectivity index is 2.25. The molecule has 0 radical (unpaired) electrons. The molecule has 7 heteroatoms. The van der Waals surface area contributed by atoms with Gasteiger partial charge in [0, 0.05) is 12.1 Å². The van der Waals surface area contributed by atoms with Crippen molar-refractivity contribution in [2.75, 3.05) is 13.7 Å². The molecule has 0 unspecified atom stereocenters. The van der Waals surface area contributed by atoms with Gasteiger partial charge in [-0.15, -0.1) is 0 Å². The number of methoxy groups -OCH3 is 1. The van der Waals surface area contributed by atoms with Gasteiger partial charge in [0.25, 0.3) is 0 Å². The summed E-state index contributed by atoms with van der Waals surface area (Å²) in [7, 11) is 1.55. The van der Waals surface area contributed by atoms with Crippen molar-refractivity contribution < 1.29 is 28.6 Å². The highest BCUT2D eigenvalue weighted by Gasteiger charge is 2.53. The third-order valence-corrected chi connectivity index (χ3v) is 4.49. The summed E-state index contributed by atoms with van der Waals surface area (Å²) in [6.07, 6.45) is -0.290. The van der Waals surface area contributed by atoms with Crippen LogP contribution in [-0.4, -0.2) is 42.7 Å². The van der Waals surface area contributed by atoms with E-state index in [4.69, 9.17) is 14.2 Å². The van der Waals surface area contributed by atoms with Crippen molar-refractivity contribution in [1.29, 1.82) is 0 Å². The molecule has 0 spiro atoms. The summed E-state index contributed by atoms with van der Waals surface area (Å²) in [6, 6.07) is 5.13. The fourth-order valence-corrected chi connectivity index (χ4v) is 3.26. The molecule has 1 atom stereocenters. The zero-order chi connectivity index (χ0) is 22.0. The number of ketones is 1. The van der Waals surface area contributed by atoms with Crippen molar-refractivity contribution in [1.82, 2.24) is 5.32 Å². The lowest BCUT2D eigenvalue weighted by Gasteiger charge is -2.30. The Kier molecular flexibility index (Phi) is 6.30. The van der Waals surface area contributed by atoms with Gasteiger partial charge in [-0.25, -0.2) is 4.79 Å². The second-order valence-corrected chi connectivity index (χ2v) is 9.29. The van der Waals surface area contributed by atoms with Crippen LogP contribution in [0.4, 0.5) is 4.79 Å². The van der Waals surface area contributed by atoms with Crippen LogP contribution in [0.5, 0.6) is 5.75 Å². The van der Waals surface area contributed by atoms with E-state index in [9.17, 15) is 14.4 Å². The van der Waals surface area contributed by atoms with Crippen LogP contribution >= 0.6 is 0 Å². The minimum absolute atomic E-state index is 0.102. The maximum atomic E-state index is 13.3. The molecular formula is C22H31NO6. The molecule has 1 aromatic rings. The monoisotopic (exact) mass is 405 g/mol. The normalized spacial score (nSPS) is 18.8. The van der Waals surface area contributed by atoms with Gasteiger partial charge in [0.05, 0.1) is 7.11 Å². The Morgan fingerprint density at radius 1 is 1.07 bits per heavy atom. The summed E-state index contributed by atoms with van der Waals surface area (Å²) in [4.78, 5) is 38.3. The number of nitrogens with one attached hydrogen (secondary N) is 1. The average Bonchev–Trinajstić information content (AvgIpc) is 2.84. The van der Waals surface area contributed by atoms with E-state index in [1.54, 1.807) is 66.9 Å². The van der Waals surface area contributed by atoms with Gasteiger partial charge in [-0.05, 0) is 78.1 Å². The third-order valence-electron chi connectivity index (χ3n) is 4.49. The number of alkyl carbamates (subject to hydrolysis) is 1. The first kappa shape index (κ1) is 22.7. The first-order chi connectivity index (χ1) is 13.3. The largest absolute Gasteiger partial charge is 0.497 e. The van der Waals surface area contributed by atoms with Crippen molar-refractivity contribution >= 4 is 17.8 Å². The summed E-state index contributed by atoms with van der Waals surface area (Å²) in [5, 5.41) is 2.63. The highest BCUT2D eigenvalue weighted by Crippen LogP contribution is 2.42. The van der Waals surface area contributed by atoms with Gasteiger partial charge in [-0.3, -0.25) is 9.59 Å². The Morgan fingerprint density at radius 2 is 1.69 bits per heavy atom. The van der Waals surface area contributed by atoms with Crippen molar-refractivity contribution in [3.63, 3.8) is 0 Å². The lowest BCUT2D eigenvalue weighted by Crippen LogP contribution is -2.45. The zero-order valence-corrected chi connectivity index (χ0v) is 18.3. The second-order valence-electron chi connectivity index (χ2n) is 9.29. The molecule has 1 aromatic carbocycles. The van der Waals surface area contributed by atoms with Crippen LogP contribution in [-0.2, 0) is 20.7 Å². The number of rotatable bonds is 5. The Labute approximate surface area is 172 Å². The van der Waals surface area contributed by atoms with E-state index in [2.05, 4.69) is 5.32 Å². The summed E-state index contributed by atoms with van der Waals surface area (Å²) in [5.74, 6) is -0.269. The van der Waals surface area contributed by atoms with Crippen LogP contribution in [0.3, 0.4) is 0 Å². The topological polar surface area (TPSA) is 90.9 Å². The van der Waals surface area contributed by atoms with Gasteiger partial charge >= 0.3 is 12.1 Å². The molecule has 1 aliphatic rings. The fraction of sp³-hybridized carbons (Fsp3) is 0.591. The smallest absolute Gasteiger partial charge is 0.407 e. The number of hydrogen-bond donors (Lipinski definition) is 1. The Bertz CT molecular complexity index is 803. The molecule has 29 heavy (non-hydrogen) atoms. The van der Waals surface area contributed by atoms with Gasteiger partial charge in [-0.2, -0.15) is 0 Å². The third kappa shape index (κ3) is 5.49. The number of carbonyl (C=O) groups is 3. The lowest BCUT2D eigenvalue weighted by atomic mass is 9.80. The second kappa shape index (κ2) is 8.05. The van der Waals surface area contributed by atoms with Gasteiger partial charge in [0.1, 0.15) is 22.4 Å². The van der Waals surface area contributed by atoms with Crippen LogP contribution in [0.25, 0.3) is 0 Å². The van der Waals surface area contributed by atoms with Gasteiger partial charge < -0.3 is 19.5 Å². The zero-order valence-electron chi connectivity index (χ0n) is 18.3. The first-order valence-electron chi connectivity index (χ1n) is 9.69. The molecule has 0 saturated heterocycles. The molecule has 160 valence electrons. The maximum Gasteiger partial charge on any atom is 0.407 e. The van der Waals surface area contributed by atoms with Crippen LogP contribution in [0, 0.1) is 5.41 Å². The van der Waals surface area contributed by atoms with Gasteiger partial charge in [0.15, 0.2) is 5.78 Å². The van der Waals surface area contributed by atoms with Crippen LogP contribution in [0.1, 0.15) is 63.9 Å². The average molecular weight is 405 g/mol. The summed E-state index contributed by atoms with van der Waals surface area (Å²) < 4.78 is 16.1. The number of Topliss-reactive ketones (excluding diaryl/α,β-unsaturated/α-hetero) is 1. The summed E-state index contributed by atoms with van der Waals surface area (Å²) in [5.41, 5.74) is -1.55. The fourth-order valence-electron chi connectivity index (χ4n) is 3.26. The van der Waals surface area contributed by atoms with E-state index in [0.29, 0.717) is 11.3 Å². The van der Waals surface area contributed by atoms with E-state index in [0.717, 1.165) is 5.56 Å². The number of benzene rings is 1. The molecule has 1 N–H and O–H groups in total. The van der Waals surface area contributed by atoms with E-state index >= 15 is 0 Å². The maximum absolute atomic E-state index is 13.3. The first-order valence-corrected chi connectivity index (χ1v) is 9.69. The number of fused-ring (bicyclic) bond motifs is 1. The molecule has 0 fully saturated rings. The van der Waals surface area contributed by atoms with Crippen LogP contribution < -0.4 is 10.1 Å². The number of hydrogen-bond acceptors (Lipinski definition) is 6. The molecule has 0 bridgehead atoms. The van der Waals surface area contributed by atoms with Gasteiger partial charge in [-0.1, -0.05) is 0 Å². The molecular weight excluding hydrogens is 374 g/mol. The standard InChI is InChI=1S/C22H31NO6/c1-20(2,3)28-18(25)22(10-11-23-19(26)29-21(4,5)6)13-14-12-15(27-7)8-9-16(14)17(22)24/h8-9,12H,10-11,13H2,1-7H3,(H,23,26)/t22-/m1/s1. The van der Waals surface area contributed by atoms with Crippen molar-refractivity contribution in [3.8, 4) is 5.75 Å². The Morgan fingerprint density at radius 3 is 2.24 bits per heavy atom. The minimum Gasteiger partial charge on any atom is -0.497 e. The molecule has 0 saturated carbocycles. The summed E-state index contributed by atoms with van der Waals surface area (Å²) >= 11 is 0. The number of ether oxygens (including phenoxy) is 3. The van der Waals surface area contributed by atoms with Crippen molar-refractivity contribution in [3.05, 3.63) is 29.3 Å². The quantitative estimate of drug-likeness (QED) is 0.594. The number of amides is 1. The van der Waals surface area contributed by atoms with Crippen molar-refractivity contribution in [2.24, 2.45) is 5.41 Å². The molecule has 2 rings (SSSR count). The molecule has 0 heterocycles. The Hall–Kier alpha value is -2.57. The van der Waals surface area contributed by atoms with E-state index < -0.39 is 28.7 Å². The predicted molar refractivity (Wildman–Crippen MR) is 108 cm³/mol. The SMILES string of the molecule is COc1ccc2c(c1)C[C@@](CCNC(=O)OC(C)(C)C)(C(=O)OC(C)(C)C)C2=O. The summed E-state index contributed by atoms with van der Waals surface area (Å²) in [6.45, 7) is 10.7. The molecule has 7 nitrogen and oxygen atoms in total. The molecule has 0 aliphatic heterocycles. The highest BCUT2D eigenvalue weighted by molar-refractivity contribution is 6.16. The van der Waals surface area contributed by atoms with E-state index in [1.807, 2.05) is 0 Å². The molecule has 1 aliphatic carbocycles. The van der Waals surface area contributed by atoms with Crippen LogP contribution in [0.15, 0.2) is 18.2 Å². The van der Waals surface area contributed by atoms with Crippen LogP contribution in [0.2, 0.25) is 0 Å². The van der Waals surface area contributed by atoms with Crippen molar-refractivity contribution in [2.45, 2.75) is 65.6 Å². The lowest BCUT2D eigenvalue weighted by molar-refractivity contribution is -0.164. The molecule has 1 amide bonds. The highest BCUT2D eigenvalue weighted by atomic mass is 16.6. The molecule has 0 aromatic heterocycles. The number of carbonyl (C=O) groups excluding carboxylic acids is 3. The van der Waals surface area contributed by atoms with E-state index in [1.165, 1.54) is 0 Å². The predicted octanol–water partition coefficient (Wildman–Crippen LogP) is 3.68. The van der Waals surface area contributed by atoms with E-state index in [-0.39, 0.29) is 25.2 Å². The number of esters is 1.